The van der Waals surface area contributed by atoms with Gasteiger partial charge in [-0.25, -0.2) is 4.79 Å². The second kappa shape index (κ2) is 6.77. The van der Waals surface area contributed by atoms with E-state index >= 15 is 0 Å². The van der Waals surface area contributed by atoms with Crippen LogP contribution in [0.1, 0.15) is 64.4 Å². The number of carbonyl (C=O) groups is 3. The maximum atomic E-state index is 13.4. The lowest BCUT2D eigenvalue weighted by atomic mass is 9.68. The predicted molar refractivity (Wildman–Crippen MR) is 116 cm³/mol. The van der Waals surface area contributed by atoms with E-state index in [1.165, 1.54) is 7.11 Å². The van der Waals surface area contributed by atoms with Gasteiger partial charge >= 0.3 is 5.97 Å². The molecule has 0 aromatic heterocycles. The molecule has 31 heavy (non-hydrogen) atoms. The van der Waals surface area contributed by atoms with E-state index in [0.29, 0.717) is 28.7 Å². The third-order valence-corrected chi connectivity index (χ3v) is 6.39. The first-order valence-corrected chi connectivity index (χ1v) is 10.4. The molecule has 5 nitrogen and oxygen atoms in total. The molecule has 2 aromatic rings. The Labute approximate surface area is 180 Å². The first-order valence-electron chi connectivity index (χ1n) is 10.4. The van der Waals surface area contributed by atoms with E-state index in [0.717, 1.165) is 28.9 Å². The highest BCUT2D eigenvalue weighted by molar-refractivity contribution is 6.23. The number of esters is 1. The summed E-state index contributed by atoms with van der Waals surface area (Å²) in [6, 6.07) is 14.6. The van der Waals surface area contributed by atoms with Gasteiger partial charge in [-0.05, 0) is 29.5 Å². The summed E-state index contributed by atoms with van der Waals surface area (Å²) >= 11 is 0. The lowest BCUT2D eigenvalue weighted by Crippen LogP contribution is -2.37. The zero-order chi connectivity index (χ0) is 21.9. The molecule has 2 aliphatic carbocycles. The summed E-state index contributed by atoms with van der Waals surface area (Å²) in [7, 11) is 1.34. The molecular weight excluding hydrogens is 390 g/mol. The molecule has 0 saturated carbocycles. The minimum Gasteiger partial charge on any atom is -0.465 e. The molecule has 5 rings (SSSR count). The number of carbonyl (C=O) groups excluding carboxylic acids is 3. The van der Waals surface area contributed by atoms with Gasteiger partial charge in [0.2, 0.25) is 0 Å². The molecule has 3 aliphatic rings. The predicted octanol–water partition coefficient (Wildman–Crippen LogP) is 4.41. The van der Waals surface area contributed by atoms with Gasteiger partial charge in [-0.2, -0.15) is 0 Å². The van der Waals surface area contributed by atoms with Gasteiger partial charge in [-0.3, -0.25) is 9.59 Å². The smallest absolute Gasteiger partial charge is 0.337 e. The number of hydrogen-bond acceptors (Lipinski definition) is 5. The fourth-order valence-corrected chi connectivity index (χ4v) is 5.05. The van der Waals surface area contributed by atoms with Gasteiger partial charge in [0.05, 0.1) is 18.4 Å². The number of benzene rings is 2. The van der Waals surface area contributed by atoms with Crippen molar-refractivity contribution in [1.29, 1.82) is 0 Å². The SMILES string of the molecule is COC(=O)c1ccc([C@H]2C3=C(CC(C)(C)CC3=O)NC3=C2C(=O)c2ccccc23)cc1. The van der Waals surface area contributed by atoms with E-state index in [1.807, 2.05) is 36.4 Å². The molecule has 0 unspecified atom stereocenters. The van der Waals surface area contributed by atoms with Crippen LogP contribution in [0.5, 0.6) is 0 Å². The normalized spacial score (nSPS) is 21.3. The van der Waals surface area contributed by atoms with E-state index in [1.54, 1.807) is 12.1 Å². The summed E-state index contributed by atoms with van der Waals surface area (Å²) in [4.78, 5) is 38.6. The molecule has 1 N–H and O–H groups in total. The van der Waals surface area contributed by atoms with Crippen molar-refractivity contribution in [1.82, 2.24) is 5.32 Å². The summed E-state index contributed by atoms with van der Waals surface area (Å²) in [6.07, 6.45) is 1.17. The first kappa shape index (κ1) is 19.5. The lowest BCUT2D eigenvalue weighted by Gasteiger charge is -2.39. The zero-order valence-electron chi connectivity index (χ0n) is 17.7. The molecule has 0 spiro atoms. The van der Waals surface area contributed by atoms with Crippen molar-refractivity contribution in [2.75, 3.05) is 7.11 Å². The van der Waals surface area contributed by atoms with E-state index < -0.39 is 11.9 Å². The van der Waals surface area contributed by atoms with Gasteiger partial charge in [0, 0.05) is 40.3 Å². The van der Waals surface area contributed by atoms with Gasteiger partial charge in [0.1, 0.15) is 0 Å². The molecule has 0 saturated heterocycles. The number of ether oxygens (including phenoxy) is 1. The summed E-state index contributed by atoms with van der Waals surface area (Å²) in [6.45, 7) is 4.18. The van der Waals surface area contributed by atoms with Gasteiger partial charge in [0.25, 0.3) is 0 Å². The van der Waals surface area contributed by atoms with Crippen molar-refractivity contribution in [3.05, 3.63) is 87.6 Å². The monoisotopic (exact) mass is 413 g/mol. The number of nitrogens with one attached hydrogen (secondary N) is 1. The van der Waals surface area contributed by atoms with E-state index in [2.05, 4.69) is 19.2 Å². The number of hydrogen-bond donors (Lipinski definition) is 1. The van der Waals surface area contributed by atoms with Gasteiger partial charge in [-0.15, -0.1) is 0 Å². The summed E-state index contributed by atoms with van der Waals surface area (Å²) in [5, 5.41) is 3.47. The van der Waals surface area contributed by atoms with Crippen LogP contribution in [-0.4, -0.2) is 24.6 Å². The summed E-state index contributed by atoms with van der Waals surface area (Å²) in [5.74, 6) is -0.863. The van der Waals surface area contributed by atoms with Crippen LogP contribution in [0.4, 0.5) is 0 Å². The standard InChI is InChI=1S/C26H23NO4/c1-26(2)12-18-21(19(28)13-26)20(14-8-10-15(11-9-14)25(30)31-3)22-23(27-18)16-6-4-5-7-17(16)24(22)29/h4-11,20,27H,12-13H2,1-3H3/t20-/m0/s1. The highest BCUT2D eigenvalue weighted by atomic mass is 16.5. The number of dihydropyridines is 1. The molecule has 2 aromatic carbocycles. The minimum atomic E-state index is -0.457. The zero-order valence-corrected chi connectivity index (χ0v) is 17.7. The Balaban J connectivity index is 1.69. The second-order valence-electron chi connectivity index (χ2n) is 9.17. The number of rotatable bonds is 2. The number of allylic oxidation sites excluding steroid dienone is 3. The van der Waals surface area contributed by atoms with Gasteiger partial charge in [0.15, 0.2) is 11.6 Å². The molecule has 1 aliphatic heterocycles. The van der Waals surface area contributed by atoms with Crippen LogP contribution in [0.15, 0.2) is 65.4 Å². The number of fused-ring (bicyclic) bond motifs is 2. The molecular formula is C26H23NO4. The lowest BCUT2D eigenvalue weighted by molar-refractivity contribution is -0.118. The highest BCUT2D eigenvalue weighted by Gasteiger charge is 2.46. The first-order chi connectivity index (χ1) is 14.8. The number of methoxy groups -OCH3 is 1. The molecule has 0 fully saturated rings. The average molecular weight is 413 g/mol. The van der Waals surface area contributed by atoms with E-state index in [9.17, 15) is 14.4 Å². The van der Waals surface area contributed by atoms with Crippen molar-refractivity contribution < 1.29 is 19.1 Å². The van der Waals surface area contributed by atoms with Crippen molar-refractivity contribution >= 4 is 23.2 Å². The Morgan fingerprint density at radius 3 is 2.32 bits per heavy atom. The van der Waals surface area contributed by atoms with Crippen molar-refractivity contribution in [2.24, 2.45) is 5.41 Å². The van der Waals surface area contributed by atoms with Crippen LogP contribution in [0, 0.1) is 5.41 Å². The van der Waals surface area contributed by atoms with Crippen molar-refractivity contribution in [2.45, 2.75) is 32.6 Å². The van der Waals surface area contributed by atoms with Crippen LogP contribution in [-0.2, 0) is 9.53 Å². The van der Waals surface area contributed by atoms with E-state index in [4.69, 9.17) is 4.74 Å². The Kier molecular flexibility index (Phi) is 4.26. The molecule has 0 radical (unpaired) electrons. The maximum Gasteiger partial charge on any atom is 0.337 e. The third-order valence-electron chi connectivity index (χ3n) is 6.39. The van der Waals surface area contributed by atoms with Gasteiger partial charge < -0.3 is 10.1 Å². The molecule has 0 amide bonds. The van der Waals surface area contributed by atoms with Crippen LogP contribution < -0.4 is 5.32 Å². The van der Waals surface area contributed by atoms with E-state index in [-0.39, 0.29) is 17.0 Å². The minimum absolute atomic E-state index is 0.0515. The maximum absolute atomic E-state index is 13.4. The van der Waals surface area contributed by atoms with Crippen molar-refractivity contribution in [3.63, 3.8) is 0 Å². The Hall–Kier alpha value is -3.47. The summed E-state index contributed by atoms with van der Waals surface area (Å²) in [5.41, 5.74) is 5.61. The molecule has 156 valence electrons. The average Bonchev–Trinajstić information content (AvgIpc) is 3.03. The second-order valence-corrected chi connectivity index (χ2v) is 9.17. The third kappa shape index (κ3) is 2.95. The number of Topliss-reactive ketones (excluding diaryl/α,β-unsaturated/α-hetero) is 2. The topological polar surface area (TPSA) is 72.5 Å². The molecule has 0 bridgehead atoms. The Morgan fingerprint density at radius 1 is 0.968 bits per heavy atom. The van der Waals surface area contributed by atoms with Crippen LogP contribution in [0.25, 0.3) is 5.70 Å². The van der Waals surface area contributed by atoms with Crippen LogP contribution >= 0.6 is 0 Å². The molecule has 1 heterocycles. The highest BCUT2D eigenvalue weighted by Crippen LogP contribution is 2.51. The Bertz CT molecular complexity index is 1210. The Morgan fingerprint density at radius 2 is 1.65 bits per heavy atom. The molecule has 5 heteroatoms. The van der Waals surface area contributed by atoms with Crippen molar-refractivity contribution in [3.8, 4) is 0 Å². The fraction of sp³-hybridized carbons (Fsp3) is 0.269. The quantitative estimate of drug-likeness (QED) is 0.739. The summed E-state index contributed by atoms with van der Waals surface area (Å²) < 4.78 is 4.80. The number of ketones is 2. The largest absolute Gasteiger partial charge is 0.465 e. The van der Waals surface area contributed by atoms with Gasteiger partial charge in [-0.1, -0.05) is 50.2 Å². The fourth-order valence-electron chi connectivity index (χ4n) is 5.05. The van der Waals surface area contributed by atoms with Crippen LogP contribution in [0.3, 0.4) is 0 Å². The molecule has 1 atom stereocenters. The van der Waals surface area contributed by atoms with Crippen LogP contribution in [0.2, 0.25) is 0 Å².